The number of aliphatic hydroxyl groups is 1. The van der Waals surface area contributed by atoms with E-state index in [0.29, 0.717) is 22.7 Å². The summed E-state index contributed by atoms with van der Waals surface area (Å²) in [7, 11) is 0. The lowest BCUT2D eigenvalue weighted by atomic mass is 9.86. The third-order valence-corrected chi connectivity index (χ3v) is 4.68. The summed E-state index contributed by atoms with van der Waals surface area (Å²) in [5.41, 5.74) is 2.49. The Hall–Kier alpha value is -2.37. The molecule has 1 atom stereocenters. The van der Waals surface area contributed by atoms with Crippen molar-refractivity contribution in [1.29, 1.82) is 0 Å². The highest BCUT2D eigenvalue weighted by atomic mass is 32.1. The third kappa shape index (κ3) is 5.31. The largest absolute Gasteiger partial charge is 0.391 e. The fourth-order valence-corrected chi connectivity index (χ4v) is 3.06. The average Bonchev–Trinajstić information content (AvgIpc) is 2.66. The molecule has 0 amide bonds. The molecule has 1 aromatic heterocycles. The summed E-state index contributed by atoms with van der Waals surface area (Å²) in [4.78, 5) is 13.7. The Morgan fingerprint density at radius 2 is 1.96 bits per heavy atom. The van der Waals surface area contributed by atoms with Gasteiger partial charge in [0.05, 0.1) is 6.61 Å². The lowest BCUT2D eigenvalue weighted by molar-refractivity contribution is -0.692. The van der Waals surface area contributed by atoms with E-state index in [1.54, 1.807) is 35.2 Å². The number of rotatable bonds is 7. The summed E-state index contributed by atoms with van der Waals surface area (Å²) in [6.45, 7) is 10.5. The van der Waals surface area contributed by atoms with E-state index in [0.717, 1.165) is 5.56 Å². The number of aliphatic hydroxyl groups excluding tert-OH is 1. The Morgan fingerprint density at radius 3 is 2.52 bits per heavy atom. The van der Waals surface area contributed by atoms with Crippen LogP contribution in [0.15, 0.2) is 61.4 Å². The first-order chi connectivity index (χ1) is 12.8. The molecule has 142 valence electrons. The number of Topliss-reactive ketones (excluding diaryl/α,β-unsaturated/α-hetero) is 1. The average molecular weight is 384 g/mol. The van der Waals surface area contributed by atoms with Crippen molar-refractivity contribution < 1.29 is 14.5 Å². The molecule has 0 aliphatic carbocycles. The van der Waals surface area contributed by atoms with Crippen LogP contribution < -0.4 is 9.88 Å². The summed E-state index contributed by atoms with van der Waals surface area (Å²) in [6, 6.07) is 10.6. The standard InChI is InChI=1S/C22H26N2O2S/c1-5-12-23-21(27)19(24-13-6-7-16(14-24)15-25)20(26)17-8-10-18(11-9-17)22(2,3)4/h5-11,13-14,19,25H,1,12,15H2,2-4H3/p+1/t19-/m0/s1. The first-order valence-corrected chi connectivity index (χ1v) is 9.32. The molecule has 2 aromatic rings. The molecular formula is C22H27N2O2S+. The smallest absolute Gasteiger partial charge is 0.270 e. The SMILES string of the molecule is C=CCNC(=S)[C@H](C(=O)c1ccc(C(C)(C)C)cc1)[n+]1cccc(CO)c1. The highest BCUT2D eigenvalue weighted by molar-refractivity contribution is 7.80. The number of benzene rings is 1. The van der Waals surface area contributed by atoms with Crippen LogP contribution in [0.25, 0.3) is 0 Å². The molecule has 2 rings (SSSR count). The van der Waals surface area contributed by atoms with E-state index in [-0.39, 0.29) is 17.8 Å². The summed E-state index contributed by atoms with van der Waals surface area (Å²) >= 11 is 5.50. The number of nitrogens with zero attached hydrogens (tertiary/aromatic N) is 1. The Kier molecular flexibility index (Phi) is 6.99. The van der Waals surface area contributed by atoms with Gasteiger partial charge in [0, 0.05) is 23.7 Å². The number of carbonyl (C=O) groups excluding carboxylic acids is 1. The minimum atomic E-state index is -0.688. The molecule has 0 aliphatic heterocycles. The number of hydrogen-bond acceptors (Lipinski definition) is 3. The molecule has 1 heterocycles. The van der Waals surface area contributed by atoms with E-state index in [9.17, 15) is 9.90 Å². The number of pyridine rings is 1. The van der Waals surface area contributed by atoms with Crippen molar-refractivity contribution in [3.05, 3.63) is 78.1 Å². The van der Waals surface area contributed by atoms with Crippen molar-refractivity contribution in [2.45, 2.75) is 38.8 Å². The second-order valence-electron chi connectivity index (χ2n) is 7.45. The second kappa shape index (κ2) is 9.02. The summed E-state index contributed by atoms with van der Waals surface area (Å²) in [5, 5.41) is 12.5. The molecule has 0 spiro atoms. The van der Waals surface area contributed by atoms with Gasteiger partial charge in [-0.1, -0.05) is 63.3 Å². The van der Waals surface area contributed by atoms with Crippen LogP contribution in [-0.2, 0) is 12.0 Å². The summed E-state index contributed by atoms with van der Waals surface area (Å²) in [5.74, 6) is -0.0999. The molecule has 0 unspecified atom stereocenters. The number of hydrogen-bond donors (Lipinski definition) is 2. The molecule has 0 saturated heterocycles. The van der Waals surface area contributed by atoms with Crippen LogP contribution in [-0.4, -0.2) is 22.4 Å². The van der Waals surface area contributed by atoms with Gasteiger partial charge in [-0.2, -0.15) is 4.57 Å². The van der Waals surface area contributed by atoms with Crippen LogP contribution in [0.4, 0.5) is 0 Å². The van der Waals surface area contributed by atoms with Crippen LogP contribution >= 0.6 is 12.2 Å². The highest BCUT2D eigenvalue weighted by Gasteiger charge is 2.33. The topological polar surface area (TPSA) is 53.2 Å². The van der Waals surface area contributed by atoms with Gasteiger partial charge < -0.3 is 10.4 Å². The van der Waals surface area contributed by atoms with Gasteiger partial charge in [-0.25, -0.2) is 0 Å². The number of carbonyl (C=O) groups is 1. The zero-order valence-corrected chi connectivity index (χ0v) is 16.9. The summed E-state index contributed by atoms with van der Waals surface area (Å²) < 4.78 is 1.74. The van der Waals surface area contributed by atoms with E-state index in [2.05, 4.69) is 32.7 Å². The molecule has 5 heteroatoms. The lowest BCUT2D eigenvalue weighted by Crippen LogP contribution is -2.51. The molecule has 27 heavy (non-hydrogen) atoms. The van der Waals surface area contributed by atoms with Gasteiger partial charge in [-0.05, 0) is 17.0 Å². The van der Waals surface area contributed by atoms with E-state index >= 15 is 0 Å². The first-order valence-electron chi connectivity index (χ1n) is 8.92. The van der Waals surface area contributed by atoms with Crippen LogP contribution in [0, 0.1) is 0 Å². The Morgan fingerprint density at radius 1 is 1.30 bits per heavy atom. The number of thiocarbonyl (C=S) groups is 1. The predicted molar refractivity (Wildman–Crippen MR) is 112 cm³/mol. The first kappa shape index (κ1) is 20.9. The van der Waals surface area contributed by atoms with Crippen molar-refractivity contribution in [3.8, 4) is 0 Å². The summed E-state index contributed by atoms with van der Waals surface area (Å²) in [6.07, 6.45) is 5.22. The van der Waals surface area contributed by atoms with Crippen LogP contribution in [0.5, 0.6) is 0 Å². The van der Waals surface area contributed by atoms with Crippen molar-refractivity contribution in [1.82, 2.24) is 5.32 Å². The molecule has 0 radical (unpaired) electrons. The maximum Gasteiger partial charge on any atom is 0.270 e. The number of aromatic nitrogens is 1. The van der Waals surface area contributed by atoms with E-state index in [1.807, 2.05) is 24.3 Å². The number of ketones is 1. The fourth-order valence-electron chi connectivity index (χ4n) is 2.75. The molecular weight excluding hydrogens is 356 g/mol. The molecule has 0 aliphatic rings. The maximum absolute atomic E-state index is 13.3. The Bertz CT molecular complexity index is 823. The molecule has 1 aromatic carbocycles. The van der Waals surface area contributed by atoms with E-state index < -0.39 is 6.04 Å². The Labute approximate surface area is 166 Å². The molecule has 0 saturated carbocycles. The molecule has 0 bridgehead atoms. The minimum Gasteiger partial charge on any atom is -0.391 e. The Balaban J connectivity index is 2.41. The minimum absolute atomic E-state index is 0.0198. The van der Waals surface area contributed by atoms with Crippen LogP contribution in [0.2, 0.25) is 0 Å². The normalized spacial score (nSPS) is 12.3. The monoisotopic (exact) mass is 383 g/mol. The van der Waals surface area contributed by atoms with Gasteiger partial charge in [0.25, 0.3) is 6.04 Å². The quantitative estimate of drug-likeness (QED) is 0.333. The third-order valence-electron chi connectivity index (χ3n) is 4.32. The van der Waals surface area contributed by atoms with Crippen molar-refractivity contribution >= 4 is 23.0 Å². The van der Waals surface area contributed by atoms with Crippen molar-refractivity contribution in [2.24, 2.45) is 0 Å². The number of nitrogens with one attached hydrogen (secondary N) is 1. The molecule has 2 N–H and O–H groups in total. The van der Waals surface area contributed by atoms with Crippen LogP contribution in [0.3, 0.4) is 0 Å². The molecule has 0 fully saturated rings. The molecule has 4 nitrogen and oxygen atoms in total. The second-order valence-corrected chi connectivity index (χ2v) is 7.89. The highest BCUT2D eigenvalue weighted by Crippen LogP contribution is 2.23. The van der Waals surface area contributed by atoms with Gasteiger partial charge in [0.1, 0.15) is 0 Å². The zero-order chi connectivity index (χ0) is 20.0. The van der Waals surface area contributed by atoms with Crippen LogP contribution in [0.1, 0.15) is 48.3 Å². The van der Waals surface area contributed by atoms with Gasteiger partial charge in [-0.15, -0.1) is 6.58 Å². The van der Waals surface area contributed by atoms with Gasteiger partial charge in [0.15, 0.2) is 17.4 Å². The fraction of sp³-hybridized carbons (Fsp3) is 0.318. The van der Waals surface area contributed by atoms with E-state index in [1.165, 1.54) is 0 Å². The maximum atomic E-state index is 13.3. The van der Waals surface area contributed by atoms with Gasteiger partial charge in [-0.3, -0.25) is 4.79 Å². The van der Waals surface area contributed by atoms with E-state index in [4.69, 9.17) is 12.2 Å². The zero-order valence-electron chi connectivity index (χ0n) is 16.1. The van der Waals surface area contributed by atoms with Crippen molar-refractivity contribution in [2.75, 3.05) is 6.54 Å². The lowest BCUT2D eigenvalue weighted by Gasteiger charge is -2.19. The predicted octanol–water partition coefficient (Wildman–Crippen LogP) is 3.29. The van der Waals surface area contributed by atoms with Gasteiger partial charge >= 0.3 is 0 Å². The van der Waals surface area contributed by atoms with Gasteiger partial charge in [0.2, 0.25) is 5.78 Å². The van der Waals surface area contributed by atoms with Crippen molar-refractivity contribution in [3.63, 3.8) is 0 Å².